The Hall–Kier alpha value is -1.55. The molecule has 0 aliphatic heterocycles. The van der Waals surface area contributed by atoms with Crippen LogP contribution in [-0.2, 0) is 14.1 Å². The molecule has 0 radical (unpaired) electrons. The first-order valence-electron chi connectivity index (χ1n) is 7.39. The number of carbonyl (C=O) groups is 1. The normalized spacial score (nSPS) is 13.5. The lowest BCUT2D eigenvalue weighted by molar-refractivity contribution is -0.142. The largest absolute Gasteiger partial charge is 0.465 e. The molecule has 0 aromatic heterocycles. The zero-order valence-electron chi connectivity index (χ0n) is 12.8. The fraction of sp³-hybridized carbons (Fsp3) is 0.312. The van der Waals surface area contributed by atoms with Crippen LogP contribution in [0.5, 0.6) is 5.75 Å². The van der Waals surface area contributed by atoms with E-state index in [0.717, 1.165) is 23.6 Å². The van der Waals surface area contributed by atoms with Gasteiger partial charge in [-0.1, -0.05) is 49.7 Å². The quantitative estimate of drug-likeness (QED) is 0.429. The van der Waals surface area contributed by atoms with Crippen LogP contribution in [0.4, 0.5) is 0 Å². The molecule has 0 saturated heterocycles. The van der Waals surface area contributed by atoms with E-state index in [0.29, 0.717) is 12.4 Å². The average molecular weight is 356 g/mol. The molecule has 0 spiro atoms. The Morgan fingerprint density at radius 2 is 1.96 bits per heavy atom. The minimum absolute atomic E-state index is 0.269. The van der Waals surface area contributed by atoms with Crippen LogP contribution in [0.3, 0.4) is 0 Å². The molecule has 0 heterocycles. The van der Waals surface area contributed by atoms with Crippen molar-refractivity contribution in [2.75, 3.05) is 13.2 Å². The number of rotatable bonds is 8. The van der Waals surface area contributed by atoms with Crippen LogP contribution in [0.15, 0.2) is 42.5 Å². The predicted molar refractivity (Wildman–Crippen MR) is 91.9 cm³/mol. The summed E-state index contributed by atoms with van der Waals surface area (Å²) in [6.07, 6.45) is 1.72. The van der Waals surface area contributed by atoms with Gasteiger partial charge in [-0.25, -0.2) is 9.65 Å². The lowest BCUT2D eigenvalue weighted by atomic mass is 10.1. The van der Waals surface area contributed by atoms with Crippen LogP contribution < -0.4 is 9.61 Å². The molecule has 1 atom stereocenters. The third-order valence-electron chi connectivity index (χ3n) is 3.14. The summed E-state index contributed by atoms with van der Waals surface area (Å²) in [6, 6.07) is 12.9. The molecule has 5 nitrogen and oxygen atoms in total. The van der Waals surface area contributed by atoms with Crippen LogP contribution >= 0.6 is 18.1 Å². The lowest BCUT2D eigenvalue weighted by Gasteiger charge is -2.15. The fourth-order valence-corrected chi connectivity index (χ4v) is 3.17. The number of hydrogen-bond acceptors (Lipinski definition) is 4. The standard InChI is InChI=1S/C16H19ClNO4P/c1-2-3-11-21-16(19)12-18-23(17,20)22-15-10-6-8-13-7-4-5-9-14(13)15/h4-10H,2-3,11-12H2,1H3,(H,18,20). The number of carbonyl (C=O) groups excluding carboxylic acids is 1. The average Bonchev–Trinajstić information content (AvgIpc) is 2.53. The first-order valence-corrected chi connectivity index (χ1v) is 9.92. The molecule has 1 unspecified atom stereocenters. The smallest absolute Gasteiger partial charge is 0.409 e. The van der Waals surface area contributed by atoms with Gasteiger partial charge >= 0.3 is 12.8 Å². The predicted octanol–water partition coefficient (Wildman–Crippen LogP) is 4.50. The molecule has 0 bridgehead atoms. The van der Waals surface area contributed by atoms with E-state index in [1.54, 1.807) is 12.1 Å². The summed E-state index contributed by atoms with van der Waals surface area (Å²) in [5, 5.41) is 4.16. The fourth-order valence-electron chi connectivity index (χ4n) is 1.97. The number of halogens is 1. The van der Waals surface area contributed by atoms with Crippen LogP contribution in [0.25, 0.3) is 10.8 Å². The van der Waals surface area contributed by atoms with Crippen molar-refractivity contribution < 1.29 is 18.6 Å². The minimum Gasteiger partial charge on any atom is -0.465 e. The minimum atomic E-state index is -3.69. The van der Waals surface area contributed by atoms with Crippen molar-refractivity contribution in [1.82, 2.24) is 5.09 Å². The zero-order valence-corrected chi connectivity index (χ0v) is 14.5. The third-order valence-corrected chi connectivity index (χ3v) is 4.67. The number of nitrogens with one attached hydrogen (secondary N) is 1. The monoisotopic (exact) mass is 355 g/mol. The van der Waals surface area contributed by atoms with Gasteiger partial charge in [-0.2, -0.15) is 0 Å². The maximum absolute atomic E-state index is 12.3. The van der Waals surface area contributed by atoms with E-state index in [9.17, 15) is 9.36 Å². The van der Waals surface area contributed by atoms with Crippen molar-refractivity contribution in [2.24, 2.45) is 0 Å². The van der Waals surface area contributed by atoms with E-state index in [2.05, 4.69) is 5.09 Å². The maximum Gasteiger partial charge on any atom is 0.409 e. The van der Waals surface area contributed by atoms with E-state index < -0.39 is 12.8 Å². The number of ether oxygens (including phenoxy) is 1. The summed E-state index contributed by atoms with van der Waals surface area (Å²) in [7, 11) is 0. The lowest BCUT2D eigenvalue weighted by Crippen LogP contribution is -2.23. The zero-order chi connectivity index (χ0) is 16.7. The molecule has 0 saturated carbocycles. The molecule has 7 heteroatoms. The van der Waals surface area contributed by atoms with Crippen molar-refractivity contribution in [3.8, 4) is 5.75 Å². The van der Waals surface area contributed by atoms with Crippen molar-refractivity contribution in [2.45, 2.75) is 19.8 Å². The highest BCUT2D eigenvalue weighted by Gasteiger charge is 2.23. The second-order valence-electron chi connectivity index (χ2n) is 4.96. The van der Waals surface area contributed by atoms with Gasteiger partial charge < -0.3 is 9.26 Å². The molecule has 124 valence electrons. The number of esters is 1. The Morgan fingerprint density at radius 1 is 1.22 bits per heavy atom. The number of fused-ring (bicyclic) bond motifs is 1. The molecule has 0 fully saturated rings. The van der Waals surface area contributed by atoms with Gasteiger partial charge in [-0.3, -0.25) is 4.79 Å². The van der Waals surface area contributed by atoms with Crippen LogP contribution in [0.1, 0.15) is 19.8 Å². The second kappa shape index (κ2) is 8.34. The van der Waals surface area contributed by atoms with Crippen molar-refractivity contribution in [3.05, 3.63) is 42.5 Å². The summed E-state index contributed by atoms with van der Waals surface area (Å²) in [6.45, 7) is -1.62. The SMILES string of the molecule is CCCCOC(=O)CNP(=O)(Cl)Oc1cccc2ccccc12. The number of hydrogen-bond donors (Lipinski definition) is 1. The molecule has 2 aromatic rings. The molecule has 2 aromatic carbocycles. The third kappa shape index (κ3) is 5.54. The summed E-state index contributed by atoms with van der Waals surface area (Å²) in [5.41, 5.74) is 0. The van der Waals surface area contributed by atoms with E-state index in [1.165, 1.54) is 0 Å². The number of unbranched alkanes of at least 4 members (excludes halogenated alkanes) is 1. The maximum atomic E-state index is 12.3. The van der Waals surface area contributed by atoms with Crippen molar-refractivity contribution in [3.63, 3.8) is 0 Å². The van der Waals surface area contributed by atoms with Gasteiger partial charge in [0.25, 0.3) is 0 Å². The van der Waals surface area contributed by atoms with E-state index >= 15 is 0 Å². The van der Waals surface area contributed by atoms with E-state index in [4.69, 9.17) is 20.5 Å². The van der Waals surface area contributed by atoms with Crippen molar-refractivity contribution >= 4 is 34.9 Å². The van der Waals surface area contributed by atoms with Gasteiger partial charge in [0.2, 0.25) is 0 Å². The first kappa shape index (κ1) is 17.8. The van der Waals surface area contributed by atoms with E-state index in [-0.39, 0.29) is 6.54 Å². The highest BCUT2D eigenvalue weighted by molar-refractivity contribution is 7.84. The van der Waals surface area contributed by atoms with Gasteiger partial charge in [0.05, 0.1) is 6.61 Å². The van der Waals surface area contributed by atoms with Gasteiger partial charge in [-0.15, -0.1) is 0 Å². The topological polar surface area (TPSA) is 64.6 Å². The highest BCUT2D eigenvalue weighted by atomic mass is 35.7. The molecule has 0 amide bonds. The summed E-state index contributed by atoms with van der Waals surface area (Å²) < 4.78 is 22.6. The van der Waals surface area contributed by atoms with Crippen LogP contribution in [-0.4, -0.2) is 19.1 Å². The Morgan fingerprint density at radius 3 is 2.74 bits per heavy atom. The summed E-state index contributed by atoms with van der Waals surface area (Å²) >= 11 is 5.89. The molecule has 23 heavy (non-hydrogen) atoms. The van der Waals surface area contributed by atoms with E-state index in [1.807, 2.05) is 37.3 Å². The highest BCUT2D eigenvalue weighted by Crippen LogP contribution is 2.49. The van der Waals surface area contributed by atoms with Gasteiger partial charge in [0, 0.05) is 16.6 Å². The van der Waals surface area contributed by atoms with Crippen LogP contribution in [0.2, 0.25) is 0 Å². The van der Waals surface area contributed by atoms with Gasteiger partial charge in [-0.05, 0) is 17.9 Å². The molecule has 1 N–H and O–H groups in total. The summed E-state index contributed by atoms with van der Waals surface area (Å²) in [4.78, 5) is 11.5. The molecule has 0 aliphatic carbocycles. The molecular weight excluding hydrogens is 337 g/mol. The van der Waals surface area contributed by atoms with Gasteiger partial charge in [0.1, 0.15) is 12.3 Å². The van der Waals surface area contributed by atoms with Gasteiger partial charge in [0.15, 0.2) is 0 Å². The Labute approximate surface area is 140 Å². The van der Waals surface area contributed by atoms with Crippen molar-refractivity contribution in [1.29, 1.82) is 0 Å². The van der Waals surface area contributed by atoms with Crippen LogP contribution in [0, 0.1) is 0 Å². The first-order chi connectivity index (χ1) is 11.0. The Kier molecular flexibility index (Phi) is 6.46. The Bertz CT molecular complexity index is 717. The Balaban J connectivity index is 1.97. The summed E-state index contributed by atoms with van der Waals surface area (Å²) in [5.74, 6) is -0.117. The second-order valence-corrected chi connectivity index (χ2v) is 7.75. The molecule has 2 rings (SSSR count). The number of benzene rings is 2. The molecular formula is C16H19ClNO4P. The molecule has 0 aliphatic rings.